The summed E-state index contributed by atoms with van der Waals surface area (Å²) in [6, 6.07) is 74.2. The average molecular weight is 905 g/mol. The Morgan fingerprint density at radius 2 is 0.629 bits per heavy atom. The fourth-order valence-corrected chi connectivity index (χ4v) is 10.8. The van der Waals surface area contributed by atoms with Gasteiger partial charge >= 0.3 is 0 Å². The Hall–Kier alpha value is -8.60. The Bertz CT molecular complexity index is 3670. The van der Waals surface area contributed by atoms with Crippen molar-refractivity contribution in [1.29, 1.82) is 0 Å². The number of hydrogen-bond donors (Lipinski definition) is 0. The summed E-state index contributed by atoms with van der Waals surface area (Å²) in [4.78, 5) is 4.85. The Morgan fingerprint density at radius 3 is 1.01 bits per heavy atom. The van der Waals surface area contributed by atoms with E-state index in [0.29, 0.717) is 0 Å². The van der Waals surface area contributed by atoms with Gasteiger partial charge < -0.3 is 18.6 Å². The van der Waals surface area contributed by atoms with Crippen LogP contribution in [0.15, 0.2) is 215 Å². The molecule has 4 nitrogen and oxygen atoms in total. The van der Waals surface area contributed by atoms with Gasteiger partial charge in [-0.05, 0) is 158 Å². The second-order valence-electron chi connectivity index (χ2n) is 18.8. The van der Waals surface area contributed by atoms with Gasteiger partial charge in [-0.15, -0.1) is 0 Å². The van der Waals surface area contributed by atoms with Crippen LogP contribution in [-0.2, 0) is 0 Å². The van der Waals surface area contributed by atoms with Crippen LogP contribution in [0.4, 0.5) is 34.1 Å². The second-order valence-corrected chi connectivity index (χ2v) is 18.8. The molecule has 338 valence electrons. The first-order valence-corrected chi connectivity index (χ1v) is 24.2. The molecule has 12 aromatic rings. The maximum atomic E-state index is 6.45. The van der Waals surface area contributed by atoms with Crippen molar-refractivity contribution >= 4 is 78.0 Å². The van der Waals surface area contributed by atoms with E-state index >= 15 is 0 Å². The molecule has 0 spiro atoms. The van der Waals surface area contributed by atoms with E-state index in [2.05, 4.69) is 233 Å². The van der Waals surface area contributed by atoms with E-state index in [1.54, 1.807) is 0 Å². The number of rotatable bonds is 9. The quantitative estimate of drug-likeness (QED) is 0.144. The van der Waals surface area contributed by atoms with Crippen LogP contribution in [-0.4, -0.2) is 0 Å². The minimum Gasteiger partial charge on any atom is -0.455 e. The van der Waals surface area contributed by atoms with E-state index in [0.717, 1.165) is 88.9 Å². The molecule has 70 heavy (non-hydrogen) atoms. The van der Waals surface area contributed by atoms with Crippen LogP contribution in [0.2, 0.25) is 0 Å². The molecule has 0 radical (unpaired) electrons. The molecule has 12 rings (SSSR count). The molecule has 0 saturated carbocycles. The van der Waals surface area contributed by atoms with E-state index in [-0.39, 0.29) is 0 Å². The third-order valence-corrected chi connectivity index (χ3v) is 14.2. The average Bonchev–Trinajstić information content (AvgIpc) is 3.96. The Labute approximate surface area is 409 Å². The molecule has 0 amide bonds. The van der Waals surface area contributed by atoms with Crippen molar-refractivity contribution in [2.75, 3.05) is 9.80 Å². The molecule has 0 fully saturated rings. The molecule has 0 unspecified atom stereocenters. The van der Waals surface area contributed by atoms with Crippen LogP contribution in [0.3, 0.4) is 0 Å². The fraction of sp³-hybridized carbons (Fsp3) is 0.0909. The van der Waals surface area contributed by atoms with Gasteiger partial charge in [-0.1, -0.05) is 146 Å². The minimum absolute atomic E-state index is 0.906. The summed E-state index contributed by atoms with van der Waals surface area (Å²) in [5.41, 5.74) is 24.5. The molecule has 4 heteroatoms. The smallest absolute Gasteiger partial charge is 0.143 e. The monoisotopic (exact) mass is 904 g/mol. The molecular formula is C66H52N2O2. The van der Waals surface area contributed by atoms with Gasteiger partial charge in [0.15, 0.2) is 0 Å². The zero-order chi connectivity index (χ0) is 47.6. The minimum atomic E-state index is 0.906. The van der Waals surface area contributed by atoms with E-state index in [1.165, 1.54) is 55.9 Å². The van der Waals surface area contributed by atoms with E-state index in [4.69, 9.17) is 8.83 Å². The summed E-state index contributed by atoms with van der Waals surface area (Å²) >= 11 is 0. The molecule has 0 aliphatic rings. The number of hydrogen-bond acceptors (Lipinski definition) is 4. The number of fused-ring (bicyclic) bond motifs is 6. The van der Waals surface area contributed by atoms with Gasteiger partial charge in [0.25, 0.3) is 0 Å². The normalized spacial score (nSPS) is 11.6. The molecule has 0 aliphatic carbocycles. The lowest BCUT2D eigenvalue weighted by atomic mass is 9.97. The molecule has 2 aromatic heterocycles. The fourth-order valence-electron chi connectivity index (χ4n) is 10.8. The molecule has 0 atom stereocenters. The van der Waals surface area contributed by atoms with Crippen LogP contribution in [0.25, 0.3) is 77.3 Å². The van der Waals surface area contributed by atoms with Crippen LogP contribution < -0.4 is 9.80 Å². The second kappa shape index (κ2) is 17.2. The van der Waals surface area contributed by atoms with Gasteiger partial charge in [-0.25, -0.2) is 0 Å². The van der Waals surface area contributed by atoms with Crippen molar-refractivity contribution in [1.82, 2.24) is 0 Å². The lowest BCUT2D eigenvalue weighted by Gasteiger charge is -2.31. The number of aryl methyl sites for hydroxylation is 6. The molecule has 10 aromatic carbocycles. The van der Waals surface area contributed by atoms with E-state index < -0.39 is 0 Å². The standard InChI is InChI=1S/C66H52N2O2/c1-41-15-11-16-42(2)63(41)67(51-33-27-47(28-34-51)53-21-13-23-57-55-19-7-9-25-61(55)69-65(53)57)59-37-31-49(39-45(59)5)50-32-38-60(46(6)40-50)68(64-43(3)17-12-18-44(64)4)52-35-29-48(30-36-52)54-22-14-24-58-56-20-8-10-26-62(56)70-66(54)58/h7-40H,1-6H3. The van der Waals surface area contributed by atoms with Crippen LogP contribution in [0.5, 0.6) is 0 Å². The summed E-state index contributed by atoms with van der Waals surface area (Å²) in [5, 5.41) is 4.54. The highest BCUT2D eigenvalue weighted by Gasteiger charge is 2.23. The number of benzene rings is 10. The third kappa shape index (κ3) is 7.23. The van der Waals surface area contributed by atoms with Crippen molar-refractivity contribution in [3.63, 3.8) is 0 Å². The van der Waals surface area contributed by atoms with Gasteiger partial charge in [0.2, 0.25) is 0 Å². The SMILES string of the molecule is Cc1cc(-c2ccc(N(c3ccc(-c4cccc5c4oc4ccccc45)cc3)c3c(C)cccc3C)c(C)c2)ccc1N(c1ccc(-c2cccc3c2oc2ccccc23)cc1)c1c(C)cccc1C. The molecule has 0 bridgehead atoms. The summed E-state index contributed by atoms with van der Waals surface area (Å²) in [7, 11) is 0. The first-order valence-electron chi connectivity index (χ1n) is 24.2. The maximum absolute atomic E-state index is 6.45. The van der Waals surface area contributed by atoms with Crippen molar-refractivity contribution in [2.24, 2.45) is 0 Å². The van der Waals surface area contributed by atoms with Crippen molar-refractivity contribution in [3.05, 3.63) is 240 Å². The lowest BCUT2D eigenvalue weighted by Crippen LogP contribution is -2.14. The van der Waals surface area contributed by atoms with Crippen molar-refractivity contribution in [3.8, 4) is 33.4 Å². The lowest BCUT2D eigenvalue weighted by molar-refractivity contribution is 0.669. The number of nitrogens with zero attached hydrogens (tertiary/aromatic N) is 2. The van der Waals surface area contributed by atoms with Gasteiger partial charge in [0.05, 0.1) is 11.4 Å². The van der Waals surface area contributed by atoms with Gasteiger partial charge in [0.1, 0.15) is 22.3 Å². The number of anilines is 6. The van der Waals surface area contributed by atoms with Gasteiger partial charge in [-0.3, -0.25) is 0 Å². The first-order chi connectivity index (χ1) is 34.2. The number of furan rings is 2. The summed E-state index contributed by atoms with van der Waals surface area (Å²) in [5.74, 6) is 0. The Morgan fingerprint density at radius 1 is 0.286 bits per heavy atom. The molecule has 2 heterocycles. The molecule has 0 aliphatic heterocycles. The summed E-state index contributed by atoms with van der Waals surface area (Å²) in [6.07, 6.45) is 0. The molecular weight excluding hydrogens is 853 g/mol. The van der Waals surface area contributed by atoms with Crippen LogP contribution >= 0.6 is 0 Å². The van der Waals surface area contributed by atoms with Gasteiger partial charge in [0, 0.05) is 55.4 Å². The Balaban J connectivity index is 0.896. The topological polar surface area (TPSA) is 32.8 Å². The van der Waals surface area contributed by atoms with Crippen molar-refractivity contribution < 1.29 is 8.83 Å². The Kier molecular flexibility index (Phi) is 10.5. The molecule has 0 N–H and O–H groups in total. The third-order valence-electron chi connectivity index (χ3n) is 14.2. The maximum Gasteiger partial charge on any atom is 0.143 e. The summed E-state index contributed by atoms with van der Waals surface area (Å²) < 4.78 is 12.9. The van der Waals surface area contributed by atoms with E-state index in [1.807, 2.05) is 24.3 Å². The van der Waals surface area contributed by atoms with Gasteiger partial charge in [-0.2, -0.15) is 0 Å². The summed E-state index contributed by atoms with van der Waals surface area (Å²) in [6.45, 7) is 13.3. The zero-order valence-electron chi connectivity index (χ0n) is 40.3. The predicted octanol–water partition coefficient (Wildman–Crippen LogP) is 19.3. The van der Waals surface area contributed by atoms with Crippen LogP contribution in [0.1, 0.15) is 33.4 Å². The predicted molar refractivity (Wildman–Crippen MR) is 295 cm³/mol. The highest BCUT2D eigenvalue weighted by molar-refractivity contribution is 6.10. The zero-order valence-corrected chi connectivity index (χ0v) is 40.3. The first kappa shape index (κ1) is 42.7. The van der Waals surface area contributed by atoms with E-state index in [9.17, 15) is 0 Å². The highest BCUT2D eigenvalue weighted by atomic mass is 16.3. The largest absolute Gasteiger partial charge is 0.455 e. The highest BCUT2D eigenvalue weighted by Crippen LogP contribution is 2.46. The van der Waals surface area contributed by atoms with Crippen LogP contribution in [0, 0.1) is 41.5 Å². The molecule has 0 saturated heterocycles. The number of para-hydroxylation sites is 6. The van der Waals surface area contributed by atoms with Crippen molar-refractivity contribution in [2.45, 2.75) is 41.5 Å².